The molecular weight excluding hydrogens is 424 g/mol. The highest BCUT2D eigenvalue weighted by atomic mass is 127. The van der Waals surface area contributed by atoms with E-state index in [-0.39, 0.29) is 0 Å². The molecular formula is C13H7I2N. The van der Waals surface area contributed by atoms with Gasteiger partial charge in [0.15, 0.2) is 0 Å². The Morgan fingerprint density at radius 3 is 1.69 bits per heavy atom. The second kappa shape index (κ2) is 4.10. The molecule has 0 N–H and O–H groups in total. The molecule has 2 aromatic carbocycles. The molecule has 0 aliphatic heterocycles. The third kappa shape index (κ3) is 1.90. The summed E-state index contributed by atoms with van der Waals surface area (Å²) in [5.41, 5.74) is 2.14. The van der Waals surface area contributed by atoms with Gasteiger partial charge in [-0.2, -0.15) is 0 Å². The molecule has 0 bridgehead atoms. The van der Waals surface area contributed by atoms with Crippen molar-refractivity contribution in [2.75, 3.05) is 0 Å². The molecule has 0 fully saturated rings. The van der Waals surface area contributed by atoms with Gasteiger partial charge in [0.25, 0.3) is 0 Å². The Bertz CT molecular complexity index is 635. The smallest absolute Gasteiger partial charge is 0.0720 e. The van der Waals surface area contributed by atoms with Crippen LogP contribution in [0.25, 0.3) is 21.8 Å². The minimum atomic E-state index is 1.07. The van der Waals surface area contributed by atoms with Gasteiger partial charge in [0.1, 0.15) is 0 Å². The van der Waals surface area contributed by atoms with E-state index >= 15 is 0 Å². The first-order valence-corrected chi connectivity index (χ1v) is 7.04. The van der Waals surface area contributed by atoms with Crippen LogP contribution < -0.4 is 0 Å². The van der Waals surface area contributed by atoms with E-state index in [1.165, 1.54) is 17.9 Å². The number of pyridine rings is 1. The van der Waals surface area contributed by atoms with Gasteiger partial charge < -0.3 is 0 Å². The third-order valence-corrected chi connectivity index (χ3v) is 3.88. The summed E-state index contributed by atoms with van der Waals surface area (Å²) in [4.78, 5) is 4.69. The third-order valence-electron chi connectivity index (χ3n) is 2.54. The Morgan fingerprint density at radius 1 is 0.688 bits per heavy atom. The number of hydrogen-bond acceptors (Lipinski definition) is 1. The van der Waals surface area contributed by atoms with Crippen molar-refractivity contribution in [2.45, 2.75) is 0 Å². The van der Waals surface area contributed by atoms with E-state index in [0.717, 1.165) is 11.0 Å². The zero-order valence-electron chi connectivity index (χ0n) is 8.24. The van der Waals surface area contributed by atoms with Crippen LogP contribution in [0.5, 0.6) is 0 Å². The van der Waals surface area contributed by atoms with Crippen molar-refractivity contribution >= 4 is 67.0 Å². The summed E-state index contributed by atoms with van der Waals surface area (Å²) in [5, 5.41) is 2.41. The summed E-state index contributed by atoms with van der Waals surface area (Å²) in [6, 6.07) is 14.9. The largest absolute Gasteiger partial charge is 0.248 e. The zero-order valence-corrected chi connectivity index (χ0v) is 12.6. The maximum absolute atomic E-state index is 4.69. The maximum Gasteiger partial charge on any atom is 0.0720 e. The second-order valence-corrected chi connectivity index (χ2v) is 6.15. The first-order chi connectivity index (χ1) is 7.72. The topological polar surface area (TPSA) is 12.9 Å². The van der Waals surface area contributed by atoms with Crippen molar-refractivity contribution in [1.29, 1.82) is 0 Å². The van der Waals surface area contributed by atoms with Crippen LogP contribution in [-0.4, -0.2) is 4.98 Å². The Morgan fingerprint density at radius 2 is 1.19 bits per heavy atom. The highest BCUT2D eigenvalue weighted by Crippen LogP contribution is 2.22. The second-order valence-electron chi connectivity index (χ2n) is 3.66. The standard InChI is InChI=1S/C13H7I2N/c14-10-3-1-8-5-9-2-4-11(15)7-13(9)16-12(8)6-10/h1-7H. The van der Waals surface area contributed by atoms with Gasteiger partial charge in [0.05, 0.1) is 11.0 Å². The molecule has 0 amide bonds. The van der Waals surface area contributed by atoms with Crippen LogP contribution in [0.15, 0.2) is 42.5 Å². The zero-order chi connectivity index (χ0) is 11.1. The lowest BCUT2D eigenvalue weighted by Crippen LogP contribution is -1.84. The van der Waals surface area contributed by atoms with Crippen molar-refractivity contribution in [3.63, 3.8) is 0 Å². The van der Waals surface area contributed by atoms with Gasteiger partial charge in [-0.1, -0.05) is 12.1 Å². The minimum absolute atomic E-state index is 1.07. The molecule has 1 heterocycles. The predicted octanol–water partition coefficient (Wildman–Crippen LogP) is 4.60. The van der Waals surface area contributed by atoms with Crippen molar-refractivity contribution in [3.05, 3.63) is 49.6 Å². The fraction of sp³-hybridized carbons (Fsp3) is 0. The van der Waals surface area contributed by atoms with Crippen molar-refractivity contribution < 1.29 is 0 Å². The number of fused-ring (bicyclic) bond motifs is 2. The fourth-order valence-corrected chi connectivity index (χ4v) is 2.72. The fourth-order valence-electron chi connectivity index (χ4n) is 1.77. The van der Waals surface area contributed by atoms with Gasteiger partial charge in [0.2, 0.25) is 0 Å². The maximum atomic E-state index is 4.69. The quantitative estimate of drug-likeness (QED) is 0.375. The summed E-state index contributed by atoms with van der Waals surface area (Å²) < 4.78 is 2.45. The number of halogens is 2. The van der Waals surface area contributed by atoms with E-state index in [1.807, 2.05) is 0 Å². The molecule has 16 heavy (non-hydrogen) atoms. The molecule has 0 unspecified atom stereocenters. The summed E-state index contributed by atoms with van der Waals surface area (Å²) in [5.74, 6) is 0. The highest BCUT2D eigenvalue weighted by molar-refractivity contribution is 14.1. The van der Waals surface area contributed by atoms with Gasteiger partial charge in [-0.3, -0.25) is 0 Å². The molecule has 3 aromatic rings. The average Bonchev–Trinajstić information content (AvgIpc) is 2.26. The lowest BCUT2D eigenvalue weighted by Gasteiger charge is -2.02. The van der Waals surface area contributed by atoms with Crippen LogP contribution in [-0.2, 0) is 0 Å². The summed E-state index contributed by atoms with van der Waals surface area (Å²) in [7, 11) is 0. The average molecular weight is 431 g/mol. The van der Waals surface area contributed by atoms with Gasteiger partial charge in [-0.05, 0) is 75.5 Å². The number of rotatable bonds is 0. The van der Waals surface area contributed by atoms with E-state index in [9.17, 15) is 0 Å². The van der Waals surface area contributed by atoms with Crippen molar-refractivity contribution in [3.8, 4) is 0 Å². The van der Waals surface area contributed by atoms with E-state index in [2.05, 4.69) is 92.6 Å². The minimum Gasteiger partial charge on any atom is -0.248 e. The summed E-state index contributed by atoms with van der Waals surface area (Å²) in [6.07, 6.45) is 0. The number of aromatic nitrogens is 1. The molecule has 0 aliphatic rings. The normalized spacial score (nSPS) is 11.1. The SMILES string of the molecule is Ic1ccc2cc3ccc(I)cc3nc2c1. The molecule has 0 radical (unpaired) electrons. The lowest BCUT2D eigenvalue weighted by molar-refractivity contribution is 1.48. The molecule has 78 valence electrons. The monoisotopic (exact) mass is 431 g/mol. The Kier molecular flexibility index (Phi) is 2.75. The van der Waals surface area contributed by atoms with E-state index < -0.39 is 0 Å². The Balaban J connectivity index is 2.44. The molecule has 0 aliphatic carbocycles. The molecule has 3 heteroatoms. The van der Waals surface area contributed by atoms with Crippen LogP contribution >= 0.6 is 45.2 Å². The van der Waals surface area contributed by atoms with Crippen LogP contribution in [0.3, 0.4) is 0 Å². The van der Waals surface area contributed by atoms with Gasteiger partial charge in [-0.25, -0.2) is 4.98 Å². The predicted molar refractivity (Wildman–Crippen MR) is 84.7 cm³/mol. The molecule has 0 saturated carbocycles. The molecule has 1 aromatic heterocycles. The van der Waals surface area contributed by atoms with Crippen molar-refractivity contribution in [1.82, 2.24) is 4.98 Å². The highest BCUT2D eigenvalue weighted by Gasteiger charge is 2.00. The Hall–Kier alpha value is -0.430. The van der Waals surface area contributed by atoms with Crippen LogP contribution in [0.1, 0.15) is 0 Å². The number of benzene rings is 2. The van der Waals surface area contributed by atoms with Crippen molar-refractivity contribution in [2.24, 2.45) is 0 Å². The number of nitrogens with zero attached hydrogens (tertiary/aromatic N) is 1. The molecule has 0 spiro atoms. The summed E-state index contributed by atoms with van der Waals surface area (Å²) >= 11 is 4.63. The van der Waals surface area contributed by atoms with E-state index in [0.29, 0.717) is 0 Å². The first kappa shape index (κ1) is 10.7. The first-order valence-electron chi connectivity index (χ1n) is 4.88. The van der Waals surface area contributed by atoms with Gasteiger partial charge in [0, 0.05) is 17.9 Å². The number of hydrogen-bond donors (Lipinski definition) is 0. The van der Waals surface area contributed by atoms with Gasteiger partial charge >= 0.3 is 0 Å². The molecule has 0 saturated heterocycles. The van der Waals surface area contributed by atoms with E-state index in [1.54, 1.807) is 0 Å². The van der Waals surface area contributed by atoms with Gasteiger partial charge in [-0.15, -0.1) is 0 Å². The summed E-state index contributed by atoms with van der Waals surface area (Å²) in [6.45, 7) is 0. The van der Waals surface area contributed by atoms with Crippen LogP contribution in [0, 0.1) is 7.14 Å². The van der Waals surface area contributed by atoms with Crippen LogP contribution in [0.4, 0.5) is 0 Å². The Labute approximate surface area is 121 Å². The molecule has 1 nitrogen and oxygen atoms in total. The lowest BCUT2D eigenvalue weighted by atomic mass is 10.1. The molecule has 3 rings (SSSR count). The van der Waals surface area contributed by atoms with Crippen LogP contribution in [0.2, 0.25) is 0 Å². The molecule has 0 atom stereocenters. The van der Waals surface area contributed by atoms with E-state index in [4.69, 9.17) is 0 Å².